The average molecular weight is 238 g/mol. The topological polar surface area (TPSA) is 29.5 Å². The number of hydrogen-bond acceptors (Lipinski definition) is 2. The highest BCUT2D eigenvalue weighted by Gasteiger charge is 2.35. The summed E-state index contributed by atoms with van der Waals surface area (Å²) >= 11 is 0. The van der Waals surface area contributed by atoms with Gasteiger partial charge in [-0.25, -0.2) is 4.39 Å². The summed E-state index contributed by atoms with van der Waals surface area (Å²) < 4.78 is 54.5. The Bertz CT molecular complexity index is 362. The van der Waals surface area contributed by atoms with E-state index in [-0.39, 0.29) is 5.75 Å². The molecule has 0 spiro atoms. The molecule has 1 aromatic rings. The maximum atomic E-state index is 12.6. The molecule has 0 saturated heterocycles. The summed E-state index contributed by atoms with van der Waals surface area (Å²) in [6, 6.07) is 2.98. The van der Waals surface area contributed by atoms with E-state index in [1.54, 1.807) is 0 Å². The Morgan fingerprint density at radius 1 is 1.38 bits per heavy atom. The summed E-state index contributed by atoms with van der Waals surface area (Å²) in [7, 11) is 1.22. The van der Waals surface area contributed by atoms with Crippen molar-refractivity contribution in [1.82, 2.24) is 0 Å². The van der Waals surface area contributed by atoms with Gasteiger partial charge >= 0.3 is 6.18 Å². The van der Waals surface area contributed by atoms with Crippen LogP contribution in [0.1, 0.15) is 17.2 Å². The highest BCUT2D eigenvalue weighted by Crippen LogP contribution is 2.36. The Morgan fingerprint density at radius 2 is 2.00 bits per heavy atom. The van der Waals surface area contributed by atoms with Crippen LogP contribution in [0.25, 0.3) is 0 Å². The van der Waals surface area contributed by atoms with Gasteiger partial charge in [0.1, 0.15) is 18.5 Å². The van der Waals surface area contributed by atoms with E-state index in [0.29, 0.717) is 0 Å². The molecule has 0 heterocycles. The summed E-state index contributed by atoms with van der Waals surface area (Å²) in [6.45, 7) is -1.27. The van der Waals surface area contributed by atoms with Crippen LogP contribution in [0, 0.1) is 0 Å². The molecule has 90 valence electrons. The van der Waals surface area contributed by atoms with Crippen molar-refractivity contribution in [2.75, 3.05) is 13.8 Å². The normalized spacial score (nSPS) is 13.6. The average Bonchev–Trinajstić information content (AvgIpc) is 2.26. The zero-order chi connectivity index (χ0) is 12.3. The molecule has 0 aliphatic carbocycles. The molecule has 0 aliphatic rings. The standard InChI is InChI=1S/C10H10F4O2/c1-16-6-2-3-7(9(15)5-11)8(4-6)10(12,13)14/h2-4,9,15H,5H2,1H3. The fourth-order valence-electron chi connectivity index (χ4n) is 1.28. The van der Waals surface area contributed by atoms with Crippen LogP contribution in [0.4, 0.5) is 17.6 Å². The van der Waals surface area contributed by atoms with E-state index in [2.05, 4.69) is 4.74 Å². The monoisotopic (exact) mass is 238 g/mol. The Labute approximate surface area is 89.5 Å². The Morgan fingerprint density at radius 3 is 2.44 bits per heavy atom. The number of ether oxygens (including phenoxy) is 1. The zero-order valence-corrected chi connectivity index (χ0v) is 8.38. The molecule has 0 aliphatic heterocycles. The van der Waals surface area contributed by atoms with Gasteiger partial charge in [0.15, 0.2) is 0 Å². The van der Waals surface area contributed by atoms with Crippen molar-refractivity contribution < 1.29 is 27.4 Å². The van der Waals surface area contributed by atoms with Gasteiger partial charge in [0.25, 0.3) is 0 Å². The Balaban J connectivity index is 3.27. The minimum Gasteiger partial charge on any atom is -0.497 e. The first kappa shape index (κ1) is 12.8. The van der Waals surface area contributed by atoms with Crippen LogP contribution in [-0.4, -0.2) is 18.9 Å². The maximum absolute atomic E-state index is 12.6. The van der Waals surface area contributed by atoms with Gasteiger partial charge in [0.2, 0.25) is 0 Å². The van der Waals surface area contributed by atoms with Crippen molar-refractivity contribution in [1.29, 1.82) is 0 Å². The fraction of sp³-hybridized carbons (Fsp3) is 0.400. The number of aliphatic hydroxyl groups is 1. The summed E-state index contributed by atoms with van der Waals surface area (Å²) in [4.78, 5) is 0. The lowest BCUT2D eigenvalue weighted by atomic mass is 10.0. The summed E-state index contributed by atoms with van der Waals surface area (Å²) in [5.41, 5.74) is -1.58. The van der Waals surface area contributed by atoms with Gasteiger partial charge in [-0.15, -0.1) is 0 Å². The summed E-state index contributed by atoms with van der Waals surface area (Å²) in [5.74, 6) is 0.00198. The van der Waals surface area contributed by atoms with E-state index in [1.165, 1.54) is 13.2 Å². The van der Waals surface area contributed by atoms with Crippen molar-refractivity contribution in [2.45, 2.75) is 12.3 Å². The van der Waals surface area contributed by atoms with E-state index >= 15 is 0 Å². The quantitative estimate of drug-likeness (QED) is 0.820. The number of benzene rings is 1. The molecule has 1 atom stereocenters. The first-order chi connectivity index (χ1) is 7.40. The lowest BCUT2D eigenvalue weighted by Crippen LogP contribution is -2.13. The molecule has 1 rings (SSSR count). The molecule has 1 unspecified atom stereocenters. The molecule has 1 aromatic carbocycles. The number of alkyl halides is 4. The van der Waals surface area contributed by atoms with Gasteiger partial charge in [-0.1, -0.05) is 6.07 Å². The highest BCUT2D eigenvalue weighted by atomic mass is 19.4. The van der Waals surface area contributed by atoms with Gasteiger partial charge in [0.05, 0.1) is 12.7 Å². The van der Waals surface area contributed by atoms with Gasteiger partial charge in [0, 0.05) is 0 Å². The van der Waals surface area contributed by atoms with Crippen molar-refractivity contribution in [3.8, 4) is 5.75 Å². The van der Waals surface area contributed by atoms with E-state index < -0.39 is 30.1 Å². The van der Waals surface area contributed by atoms with Crippen LogP contribution in [0.5, 0.6) is 5.75 Å². The minimum atomic E-state index is -4.65. The first-order valence-corrected chi connectivity index (χ1v) is 4.39. The summed E-state index contributed by atoms with van der Waals surface area (Å²) in [6.07, 6.45) is -6.43. The van der Waals surface area contributed by atoms with Crippen molar-refractivity contribution in [3.63, 3.8) is 0 Å². The van der Waals surface area contributed by atoms with Crippen molar-refractivity contribution in [2.24, 2.45) is 0 Å². The second-order valence-corrected chi connectivity index (χ2v) is 3.12. The second kappa shape index (κ2) is 4.69. The van der Waals surface area contributed by atoms with Gasteiger partial charge in [-0.3, -0.25) is 0 Å². The molecule has 0 radical (unpaired) electrons. The highest BCUT2D eigenvalue weighted by molar-refractivity contribution is 5.38. The van der Waals surface area contributed by atoms with Crippen LogP contribution in [-0.2, 0) is 6.18 Å². The molecule has 6 heteroatoms. The minimum absolute atomic E-state index is 0.00198. The third-order valence-electron chi connectivity index (χ3n) is 2.07. The third-order valence-corrected chi connectivity index (χ3v) is 2.07. The molecule has 1 N–H and O–H groups in total. The van der Waals surface area contributed by atoms with E-state index in [1.807, 2.05) is 0 Å². The van der Waals surface area contributed by atoms with Crippen LogP contribution in [0.15, 0.2) is 18.2 Å². The van der Waals surface area contributed by atoms with Crippen LogP contribution in [0.2, 0.25) is 0 Å². The fourth-order valence-corrected chi connectivity index (χ4v) is 1.28. The lowest BCUT2D eigenvalue weighted by Gasteiger charge is -2.16. The third kappa shape index (κ3) is 2.63. The largest absolute Gasteiger partial charge is 0.497 e. The van der Waals surface area contributed by atoms with Crippen LogP contribution < -0.4 is 4.74 Å². The molecular formula is C10H10F4O2. The lowest BCUT2D eigenvalue weighted by molar-refractivity contribution is -0.139. The maximum Gasteiger partial charge on any atom is 0.416 e. The summed E-state index contributed by atoms with van der Waals surface area (Å²) in [5, 5.41) is 9.12. The number of hydrogen-bond donors (Lipinski definition) is 1. The molecule has 16 heavy (non-hydrogen) atoms. The number of aliphatic hydroxyl groups excluding tert-OH is 1. The van der Waals surface area contributed by atoms with Crippen molar-refractivity contribution in [3.05, 3.63) is 29.3 Å². The van der Waals surface area contributed by atoms with Gasteiger partial charge in [-0.05, 0) is 17.7 Å². The van der Waals surface area contributed by atoms with Gasteiger partial charge < -0.3 is 9.84 Å². The predicted molar refractivity (Wildman–Crippen MR) is 48.9 cm³/mol. The zero-order valence-electron chi connectivity index (χ0n) is 8.38. The van der Waals surface area contributed by atoms with Crippen LogP contribution >= 0.6 is 0 Å². The van der Waals surface area contributed by atoms with Crippen molar-refractivity contribution >= 4 is 0 Å². The Kier molecular flexibility index (Phi) is 3.74. The smallest absolute Gasteiger partial charge is 0.416 e. The second-order valence-electron chi connectivity index (χ2n) is 3.12. The molecule has 0 fully saturated rings. The molecule has 0 saturated carbocycles. The van der Waals surface area contributed by atoms with E-state index in [9.17, 15) is 17.6 Å². The first-order valence-electron chi connectivity index (χ1n) is 4.39. The molecule has 0 bridgehead atoms. The molecule has 0 amide bonds. The number of halogens is 4. The molecular weight excluding hydrogens is 228 g/mol. The van der Waals surface area contributed by atoms with E-state index in [4.69, 9.17) is 5.11 Å². The SMILES string of the molecule is COc1ccc(C(O)CF)c(C(F)(F)F)c1. The van der Waals surface area contributed by atoms with E-state index in [0.717, 1.165) is 12.1 Å². The van der Waals surface area contributed by atoms with Crippen LogP contribution in [0.3, 0.4) is 0 Å². The number of methoxy groups -OCH3 is 1. The Hall–Kier alpha value is -1.30. The number of rotatable bonds is 3. The molecule has 2 nitrogen and oxygen atoms in total. The van der Waals surface area contributed by atoms with Gasteiger partial charge in [-0.2, -0.15) is 13.2 Å². The predicted octanol–water partition coefficient (Wildman–Crippen LogP) is 2.72. The molecule has 0 aromatic heterocycles.